The van der Waals surface area contributed by atoms with Crippen molar-refractivity contribution in [3.8, 4) is 0 Å². The average Bonchev–Trinajstić information content (AvgIpc) is 2.84. The number of nitrogens with one attached hydrogen (secondary N) is 1. The van der Waals surface area contributed by atoms with Gasteiger partial charge in [-0.15, -0.1) is 11.3 Å². The summed E-state index contributed by atoms with van der Waals surface area (Å²) in [6.07, 6.45) is 1.95. The lowest BCUT2D eigenvalue weighted by atomic mass is 10.2. The summed E-state index contributed by atoms with van der Waals surface area (Å²) < 4.78 is 1.81. The van der Waals surface area contributed by atoms with E-state index in [0.717, 1.165) is 17.9 Å². The Balaban J connectivity index is 1.88. The molecule has 0 aliphatic rings. The number of aromatic nitrogens is 3. The minimum Gasteiger partial charge on any atom is -0.303 e. The Bertz CT molecular complexity index is 407. The van der Waals surface area contributed by atoms with Crippen LogP contribution in [0.3, 0.4) is 0 Å². The van der Waals surface area contributed by atoms with Crippen molar-refractivity contribution in [2.24, 2.45) is 7.05 Å². The van der Waals surface area contributed by atoms with E-state index in [1.165, 1.54) is 0 Å². The van der Waals surface area contributed by atoms with Crippen molar-refractivity contribution in [2.45, 2.75) is 19.5 Å². The van der Waals surface area contributed by atoms with Crippen LogP contribution in [0.25, 0.3) is 0 Å². The second-order valence-electron chi connectivity index (χ2n) is 3.50. The molecule has 0 bridgehead atoms. The Morgan fingerprint density at radius 1 is 1.60 bits per heavy atom. The van der Waals surface area contributed by atoms with Gasteiger partial charge in [-0.1, -0.05) is 0 Å². The molecule has 0 aromatic carbocycles. The first-order valence-corrected chi connectivity index (χ1v) is 5.80. The summed E-state index contributed by atoms with van der Waals surface area (Å²) in [5.41, 5.74) is 4.00. The van der Waals surface area contributed by atoms with Gasteiger partial charge in [0.05, 0.1) is 16.9 Å². The van der Waals surface area contributed by atoms with E-state index < -0.39 is 0 Å². The second kappa shape index (κ2) is 4.55. The molecule has 2 aromatic heterocycles. The predicted octanol–water partition coefficient (Wildman–Crippen LogP) is 1.73. The molecule has 1 N–H and O–H groups in total. The summed E-state index contributed by atoms with van der Waals surface area (Å²) in [6.45, 7) is 2.89. The Hall–Kier alpha value is -1.20. The molecular weight excluding hydrogens is 208 g/mol. The highest BCUT2D eigenvalue weighted by molar-refractivity contribution is 7.07. The van der Waals surface area contributed by atoms with E-state index in [1.54, 1.807) is 11.3 Å². The number of aryl methyl sites for hydroxylation is 1. The summed E-state index contributed by atoms with van der Waals surface area (Å²) >= 11 is 1.62. The van der Waals surface area contributed by atoms with Crippen molar-refractivity contribution in [1.29, 1.82) is 0 Å². The molecule has 5 heteroatoms. The Kier molecular flexibility index (Phi) is 3.13. The SMILES string of the molecule is CC(NCc1ccn(C)n1)c1cscn1. The van der Waals surface area contributed by atoms with Crippen LogP contribution in [-0.4, -0.2) is 14.8 Å². The number of thiazole rings is 1. The van der Waals surface area contributed by atoms with Gasteiger partial charge in [-0.05, 0) is 13.0 Å². The highest BCUT2D eigenvalue weighted by atomic mass is 32.1. The van der Waals surface area contributed by atoms with Crippen molar-refractivity contribution in [3.63, 3.8) is 0 Å². The second-order valence-corrected chi connectivity index (χ2v) is 4.22. The first-order valence-electron chi connectivity index (χ1n) is 4.85. The lowest BCUT2D eigenvalue weighted by Crippen LogP contribution is -2.18. The molecular formula is C10H14N4S. The van der Waals surface area contributed by atoms with E-state index in [1.807, 2.05) is 29.5 Å². The molecule has 0 radical (unpaired) electrons. The van der Waals surface area contributed by atoms with Gasteiger partial charge in [-0.2, -0.15) is 5.10 Å². The highest BCUT2D eigenvalue weighted by Crippen LogP contribution is 2.12. The normalized spacial score (nSPS) is 12.9. The van der Waals surface area contributed by atoms with E-state index in [9.17, 15) is 0 Å². The maximum Gasteiger partial charge on any atom is 0.0795 e. The van der Waals surface area contributed by atoms with Crippen molar-refractivity contribution in [3.05, 3.63) is 34.5 Å². The van der Waals surface area contributed by atoms with Gasteiger partial charge >= 0.3 is 0 Å². The van der Waals surface area contributed by atoms with Gasteiger partial charge in [0, 0.05) is 31.2 Å². The van der Waals surface area contributed by atoms with E-state index >= 15 is 0 Å². The standard InChI is InChI=1S/C10H14N4S/c1-8(10-6-15-7-12-10)11-5-9-3-4-14(2)13-9/h3-4,6-8,11H,5H2,1-2H3. The maximum atomic E-state index is 4.30. The zero-order valence-electron chi connectivity index (χ0n) is 8.84. The van der Waals surface area contributed by atoms with E-state index in [4.69, 9.17) is 0 Å². The molecule has 4 nitrogen and oxygen atoms in total. The third-order valence-corrected chi connectivity index (χ3v) is 2.86. The molecule has 0 saturated carbocycles. The van der Waals surface area contributed by atoms with E-state index in [2.05, 4.69) is 27.7 Å². The van der Waals surface area contributed by atoms with Gasteiger partial charge in [0.2, 0.25) is 0 Å². The molecule has 0 fully saturated rings. The zero-order valence-corrected chi connectivity index (χ0v) is 9.66. The fourth-order valence-corrected chi connectivity index (χ4v) is 2.00. The molecule has 0 saturated heterocycles. The number of rotatable bonds is 4. The fraction of sp³-hybridized carbons (Fsp3) is 0.400. The van der Waals surface area contributed by atoms with Gasteiger partial charge in [-0.3, -0.25) is 4.68 Å². The Morgan fingerprint density at radius 3 is 3.07 bits per heavy atom. The molecule has 15 heavy (non-hydrogen) atoms. The molecule has 80 valence electrons. The largest absolute Gasteiger partial charge is 0.303 e. The first-order chi connectivity index (χ1) is 7.25. The Morgan fingerprint density at radius 2 is 2.47 bits per heavy atom. The van der Waals surface area contributed by atoms with Crippen LogP contribution in [0.1, 0.15) is 24.4 Å². The molecule has 1 atom stereocenters. The summed E-state index contributed by atoms with van der Waals surface area (Å²) in [5, 5.41) is 9.75. The smallest absolute Gasteiger partial charge is 0.0795 e. The molecule has 2 aromatic rings. The summed E-state index contributed by atoms with van der Waals surface area (Å²) in [6, 6.07) is 2.29. The van der Waals surface area contributed by atoms with Crippen LogP contribution in [0.2, 0.25) is 0 Å². The predicted molar refractivity (Wildman–Crippen MR) is 60.6 cm³/mol. The third kappa shape index (κ3) is 2.64. The quantitative estimate of drug-likeness (QED) is 0.856. The van der Waals surface area contributed by atoms with Crippen LogP contribution in [0.15, 0.2) is 23.2 Å². The molecule has 2 heterocycles. The van der Waals surface area contributed by atoms with Crippen LogP contribution in [0.5, 0.6) is 0 Å². The number of hydrogen-bond donors (Lipinski definition) is 1. The summed E-state index contributed by atoms with van der Waals surface area (Å²) in [4.78, 5) is 4.26. The van der Waals surface area contributed by atoms with Crippen molar-refractivity contribution in [1.82, 2.24) is 20.1 Å². The zero-order chi connectivity index (χ0) is 10.7. The molecule has 1 unspecified atom stereocenters. The van der Waals surface area contributed by atoms with Crippen LogP contribution in [0.4, 0.5) is 0 Å². The fourth-order valence-electron chi connectivity index (χ4n) is 1.36. The highest BCUT2D eigenvalue weighted by Gasteiger charge is 2.06. The molecule has 0 aliphatic carbocycles. The molecule has 0 amide bonds. The number of hydrogen-bond acceptors (Lipinski definition) is 4. The van der Waals surface area contributed by atoms with Crippen molar-refractivity contribution in [2.75, 3.05) is 0 Å². The average molecular weight is 222 g/mol. The van der Waals surface area contributed by atoms with Crippen LogP contribution < -0.4 is 5.32 Å². The summed E-state index contributed by atoms with van der Waals surface area (Å²) in [7, 11) is 1.92. The topological polar surface area (TPSA) is 42.7 Å². The molecule has 0 aliphatic heterocycles. The van der Waals surface area contributed by atoms with Gasteiger partial charge in [0.15, 0.2) is 0 Å². The summed E-state index contributed by atoms with van der Waals surface area (Å²) in [5.74, 6) is 0. The number of nitrogens with zero attached hydrogens (tertiary/aromatic N) is 3. The van der Waals surface area contributed by atoms with Crippen LogP contribution in [-0.2, 0) is 13.6 Å². The van der Waals surface area contributed by atoms with Crippen molar-refractivity contribution >= 4 is 11.3 Å². The third-order valence-electron chi connectivity index (χ3n) is 2.25. The van der Waals surface area contributed by atoms with Gasteiger partial charge < -0.3 is 5.32 Å². The minimum absolute atomic E-state index is 0.276. The lowest BCUT2D eigenvalue weighted by Gasteiger charge is -2.09. The maximum absolute atomic E-state index is 4.30. The van der Waals surface area contributed by atoms with Gasteiger partial charge in [0.25, 0.3) is 0 Å². The van der Waals surface area contributed by atoms with Gasteiger partial charge in [0.1, 0.15) is 0 Å². The first kappa shape index (κ1) is 10.3. The van der Waals surface area contributed by atoms with Gasteiger partial charge in [-0.25, -0.2) is 4.98 Å². The van der Waals surface area contributed by atoms with E-state index in [-0.39, 0.29) is 6.04 Å². The molecule has 0 spiro atoms. The lowest BCUT2D eigenvalue weighted by molar-refractivity contribution is 0.552. The van der Waals surface area contributed by atoms with E-state index in [0.29, 0.717) is 0 Å². The molecule has 2 rings (SSSR count). The van der Waals surface area contributed by atoms with Crippen LogP contribution >= 0.6 is 11.3 Å². The Labute approximate surface area is 93.0 Å². The monoisotopic (exact) mass is 222 g/mol. The van der Waals surface area contributed by atoms with Crippen LogP contribution in [0, 0.1) is 0 Å². The minimum atomic E-state index is 0.276. The van der Waals surface area contributed by atoms with Crippen molar-refractivity contribution < 1.29 is 0 Å².